The lowest BCUT2D eigenvalue weighted by atomic mass is 10.1. The molecule has 1 aromatic rings. The third-order valence-corrected chi connectivity index (χ3v) is 4.67. The van der Waals surface area contributed by atoms with Gasteiger partial charge in [0.05, 0.1) is 19.1 Å². The summed E-state index contributed by atoms with van der Waals surface area (Å²) in [6.45, 7) is 3.10. The Morgan fingerprint density at radius 1 is 1.40 bits per heavy atom. The highest BCUT2D eigenvalue weighted by molar-refractivity contribution is 5.91. The zero-order valence-corrected chi connectivity index (χ0v) is 14.4. The largest absolute Gasteiger partial charge is 0.354 e. The number of aromatic nitrogens is 2. The highest BCUT2D eigenvalue weighted by Crippen LogP contribution is 2.21. The van der Waals surface area contributed by atoms with Crippen LogP contribution in [-0.4, -0.2) is 83.6 Å². The van der Waals surface area contributed by atoms with Gasteiger partial charge < -0.3 is 15.5 Å². The molecule has 3 rings (SSSR count). The Balaban J connectivity index is 1.57. The fourth-order valence-corrected chi connectivity index (χ4v) is 3.32. The first-order chi connectivity index (χ1) is 12.1. The lowest BCUT2D eigenvalue weighted by Crippen LogP contribution is -2.53. The van der Waals surface area contributed by atoms with E-state index in [9.17, 15) is 14.4 Å². The van der Waals surface area contributed by atoms with Gasteiger partial charge in [-0.2, -0.15) is 5.10 Å². The third-order valence-electron chi connectivity index (χ3n) is 4.67. The van der Waals surface area contributed by atoms with Gasteiger partial charge >= 0.3 is 0 Å². The summed E-state index contributed by atoms with van der Waals surface area (Å²) in [5.41, 5.74) is 0.398. The minimum absolute atomic E-state index is 0.0120. The van der Waals surface area contributed by atoms with Crippen LogP contribution in [-0.2, 0) is 9.59 Å². The molecule has 2 aliphatic rings. The van der Waals surface area contributed by atoms with E-state index in [0.29, 0.717) is 31.9 Å². The molecule has 0 aromatic carbocycles. The quantitative estimate of drug-likeness (QED) is 0.715. The Morgan fingerprint density at radius 3 is 3.00 bits per heavy atom. The predicted octanol–water partition coefficient (Wildman–Crippen LogP) is -1.16. The molecule has 136 valence electrons. The van der Waals surface area contributed by atoms with Crippen LogP contribution < -0.4 is 10.6 Å². The molecule has 3 amide bonds. The number of amides is 3. The summed E-state index contributed by atoms with van der Waals surface area (Å²) in [5, 5.41) is 9.64. The number of piperazine rings is 1. The highest BCUT2D eigenvalue weighted by Gasteiger charge is 2.27. The maximum atomic E-state index is 12.4. The number of likely N-dealkylation sites (tertiary alicyclic amines) is 1. The first-order valence-electron chi connectivity index (χ1n) is 8.61. The molecule has 1 atom stereocenters. The first kappa shape index (κ1) is 17.4. The van der Waals surface area contributed by atoms with E-state index in [1.165, 1.54) is 0 Å². The Kier molecular flexibility index (Phi) is 5.32. The number of nitrogens with zero attached hydrogens (tertiary/aromatic N) is 4. The summed E-state index contributed by atoms with van der Waals surface area (Å²) in [7, 11) is 1.58. The molecule has 0 radical (unpaired) electrons. The second kappa shape index (κ2) is 7.64. The highest BCUT2D eigenvalue weighted by atomic mass is 16.2. The van der Waals surface area contributed by atoms with Crippen molar-refractivity contribution in [1.82, 2.24) is 30.2 Å². The zero-order valence-electron chi connectivity index (χ0n) is 14.4. The molecule has 25 heavy (non-hydrogen) atoms. The van der Waals surface area contributed by atoms with E-state index < -0.39 is 0 Å². The number of hydrogen-bond donors (Lipinski definition) is 2. The van der Waals surface area contributed by atoms with E-state index in [2.05, 4.69) is 20.6 Å². The fourth-order valence-electron chi connectivity index (χ4n) is 3.32. The molecule has 2 aliphatic heterocycles. The van der Waals surface area contributed by atoms with Crippen molar-refractivity contribution in [3.63, 3.8) is 0 Å². The normalized spacial score (nSPS) is 21.7. The van der Waals surface area contributed by atoms with Crippen molar-refractivity contribution in [2.75, 3.05) is 46.3 Å². The number of piperidine rings is 1. The van der Waals surface area contributed by atoms with Gasteiger partial charge in [0, 0.05) is 32.9 Å². The third kappa shape index (κ3) is 4.16. The minimum Gasteiger partial charge on any atom is -0.354 e. The van der Waals surface area contributed by atoms with Crippen LogP contribution in [0.2, 0.25) is 0 Å². The van der Waals surface area contributed by atoms with Crippen molar-refractivity contribution in [2.45, 2.75) is 18.9 Å². The van der Waals surface area contributed by atoms with Crippen molar-refractivity contribution in [3.05, 3.63) is 18.0 Å². The van der Waals surface area contributed by atoms with Crippen LogP contribution in [0.25, 0.3) is 0 Å². The van der Waals surface area contributed by atoms with Crippen molar-refractivity contribution in [2.24, 2.45) is 0 Å². The SMILES string of the molecule is CNC(=O)c1ccn([C@H]2CCCN(CC(=O)N3CCNC(=O)C3)C2)n1. The molecule has 2 N–H and O–H groups in total. The number of carbonyl (C=O) groups is 3. The average Bonchev–Trinajstić information content (AvgIpc) is 3.11. The summed E-state index contributed by atoms with van der Waals surface area (Å²) in [5.74, 6) is -0.318. The van der Waals surface area contributed by atoms with Gasteiger partial charge in [-0.1, -0.05) is 0 Å². The van der Waals surface area contributed by atoms with Gasteiger partial charge in [-0.3, -0.25) is 24.0 Å². The van der Waals surface area contributed by atoms with E-state index in [1.807, 2.05) is 10.9 Å². The number of rotatable bonds is 4. The Hall–Kier alpha value is -2.42. The number of hydrogen-bond acceptors (Lipinski definition) is 5. The number of nitrogens with one attached hydrogen (secondary N) is 2. The molecule has 0 saturated carbocycles. The van der Waals surface area contributed by atoms with Crippen LogP contribution >= 0.6 is 0 Å². The van der Waals surface area contributed by atoms with E-state index in [-0.39, 0.29) is 30.3 Å². The van der Waals surface area contributed by atoms with Crippen LogP contribution in [0.5, 0.6) is 0 Å². The maximum Gasteiger partial charge on any atom is 0.271 e. The Labute approximate surface area is 146 Å². The molecule has 0 unspecified atom stereocenters. The standard InChI is InChI=1S/C16H24N6O3/c1-17-16(25)13-4-7-22(19-13)12-3-2-6-20(9-12)11-15(24)21-8-5-18-14(23)10-21/h4,7,12H,2-3,5-6,8-11H2,1H3,(H,17,25)(H,18,23)/t12-/m0/s1. The Bertz CT molecular complexity index is 658. The van der Waals surface area contributed by atoms with Gasteiger partial charge in [-0.05, 0) is 25.5 Å². The fraction of sp³-hybridized carbons (Fsp3) is 0.625. The molecule has 2 fully saturated rings. The summed E-state index contributed by atoms with van der Waals surface area (Å²) in [6.07, 6.45) is 3.74. The van der Waals surface area contributed by atoms with Crippen LogP contribution in [0.3, 0.4) is 0 Å². The van der Waals surface area contributed by atoms with E-state index in [0.717, 1.165) is 19.4 Å². The average molecular weight is 348 g/mol. The van der Waals surface area contributed by atoms with Crippen molar-refractivity contribution in [1.29, 1.82) is 0 Å². The van der Waals surface area contributed by atoms with Crippen LogP contribution in [0, 0.1) is 0 Å². The van der Waals surface area contributed by atoms with E-state index in [1.54, 1.807) is 18.0 Å². The minimum atomic E-state index is -0.204. The molecule has 3 heterocycles. The second-order valence-electron chi connectivity index (χ2n) is 6.46. The van der Waals surface area contributed by atoms with Crippen molar-refractivity contribution in [3.8, 4) is 0 Å². The molecule has 0 aliphatic carbocycles. The smallest absolute Gasteiger partial charge is 0.271 e. The molecular formula is C16H24N6O3. The molecule has 2 saturated heterocycles. The van der Waals surface area contributed by atoms with E-state index in [4.69, 9.17) is 0 Å². The van der Waals surface area contributed by atoms with Crippen LogP contribution in [0.15, 0.2) is 12.3 Å². The van der Waals surface area contributed by atoms with Crippen molar-refractivity contribution < 1.29 is 14.4 Å². The summed E-state index contributed by atoms with van der Waals surface area (Å²) in [6, 6.07) is 1.85. The van der Waals surface area contributed by atoms with Gasteiger partial charge in [0.25, 0.3) is 5.91 Å². The summed E-state index contributed by atoms with van der Waals surface area (Å²) in [4.78, 5) is 39.2. The van der Waals surface area contributed by atoms with Gasteiger partial charge in [-0.15, -0.1) is 0 Å². The van der Waals surface area contributed by atoms with Gasteiger partial charge in [0.1, 0.15) is 5.69 Å². The zero-order chi connectivity index (χ0) is 17.8. The maximum absolute atomic E-state index is 12.4. The number of carbonyl (C=O) groups excluding carboxylic acids is 3. The van der Waals surface area contributed by atoms with Gasteiger partial charge in [0.15, 0.2) is 0 Å². The molecule has 1 aromatic heterocycles. The summed E-state index contributed by atoms with van der Waals surface area (Å²) < 4.78 is 1.82. The van der Waals surface area contributed by atoms with Crippen LogP contribution in [0.1, 0.15) is 29.4 Å². The van der Waals surface area contributed by atoms with Gasteiger partial charge in [0.2, 0.25) is 11.8 Å². The molecule has 9 heteroatoms. The topological polar surface area (TPSA) is 99.6 Å². The molecule has 0 bridgehead atoms. The van der Waals surface area contributed by atoms with Crippen LogP contribution in [0.4, 0.5) is 0 Å². The monoisotopic (exact) mass is 348 g/mol. The molecule has 9 nitrogen and oxygen atoms in total. The lowest BCUT2D eigenvalue weighted by Gasteiger charge is -2.34. The first-order valence-corrected chi connectivity index (χ1v) is 8.61. The molecular weight excluding hydrogens is 324 g/mol. The summed E-state index contributed by atoms with van der Waals surface area (Å²) >= 11 is 0. The predicted molar refractivity (Wildman–Crippen MR) is 89.9 cm³/mol. The Morgan fingerprint density at radius 2 is 2.24 bits per heavy atom. The van der Waals surface area contributed by atoms with Crippen molar-refractivity contribution >= 4 is 17.7 Å². The lowest BCUT2D eigenvalue weighted by molar-refractivity contribution is -0.139. The van der Waals surface area contributed by atoms with E-state index >= 15 is 0 Å². The van der Waals surface area contributed by atoms with Gasteiger partial charge in [-0.25, -0.2) is 0 Å². The molecule has 0 spiro atoms. The second-order valence-corrected chi connectivity index (χ2v) is 6.46.